The van der Waals surface area contributed by atoms with Crippen LogP contribution in [0.5, 0.6) is 0 Å². The van der Waals surface area contributed by atoms with Gasteiger partial charge < -0.3 is 5.32 Å². The van der Waals surface area contributed by atoms with E-state index in [4.69, 9.17) is 0 Å². The molecule has 1 aromatic heterocycles. The van der Waals surface area contributed by atoms with Gasteiger partial charge >= 0.3 is 0 Å². The van der Waals surface area contributed by atoms with E-state index in [0.717, 1.165) is 11.8 Å². The molecule has 0 radical (unpaired) electrons. The van der Waals surface area contributed by atoms with E-state index in [1.165, 1.54) is 22.6 Å². The van der Waals surface area contributed by atoms with Crippen LogP contribution in [0.1, 0.15) is 18.4 Å². The molecule has 1 fully saturated rings. The van der Waals surface area contributed by atoms with E-state index in [-0.39, 0.29) is 24.2 Å². The molecule has 1 N–H and O–H groups in total. The monoisotopic (exact) mass is 380 g/mol. The first kappa shape index (κ1) is 18.5. The van der Waals surface area contributed by atoms with Crippen molar-refractivity contribution < 1.29 is 17.6 Å². The number of piperidine rings is 1. The minimum atomic E-state index is -3.29. The van der Waals surface area contributed by atoms with Crippen LogP contribution in [0, 0.1) is 11.7 Å². The molecular formula is C17H21FN4O3S. The summed E-state index contributed by atoms with van der Waals surface area (Å²) in [5, 5.41) is 6.95. The van der Waals surface area contributed by atoms with Gasteiger partial charge in [0.1, 0.15) is 5.82 Å². The standard InChI is InChI=1S/C17H21FN4O3S/c1-26(24,25)22-7-3-5-14(11-22)17(23)20-16-9-19-21(12-16)10-13-4-2-6-15(18)8-13/h2,4,6,8-9,12,14H,3,5,7,10-11H2,1H3,(H,20,23). The summed E-state index contributed by atoms with van der Waals surface area (Å²) in [6.07, 6.45) is 5.65. The molecule has 2 heterocycles. The fraction of sp³-hybridized carbons (Fsp3) is 0.412. The fourth-order valence-electron chi connectivity index (χ4n) is 3.04. The van der Waals surface area contributed by atoms with Gasteiger partial charge in [0.05, 0.1) is 30.6 Å². The molecule has 0 spiro atoms. The third-order valence-corrected chi connectivity index (χ3v) is 5.63. The van der Waals surface area contributed by atoms with Crippen molar-refractivity contribution >= 4 is 21.6 Å². The maximum Gasteiger partial charge on any atom is 0.228 e. The Labute approximate surface area is 151 Å². The van der Waals surface area contributed by atoms with Crippen molar-refractivity contribution in [1.82, 2.24) is 14.1 Å². The zero-order valence-electron chi connectivity index (χ0n) is 14.4. The van der Waals surface area contributed by atoms with Crippen molar-refractivity contribution in [2.24, 2.45) is 5.92 Å². The number of halogens is 1. The predicted octanol–water partition coefficient (Wildman–Crippen LogP) is 1.68. The summed E-state index contributed by atoms with van der Waals surface area (Å²) in [4.78, 5) is 12.4. The smallest absolute Gasteiger partial charge is 0.228 e. The van der Waals surface area contributed by atoms with Crippen molar-refractivity contribution in [3.05, 3.63) is 48.0 Å². The summed E-state index contributed by atoms with van der Waals surface area (Å²) >= 11 is 0. The van der Waals surface area contributed by atoms with Gasteiger partial charge in [-0.1, -0.05) is 12.1 Å². The lowest BCUT2D eigenvalue weighted by atomic mass is 9.99. The average Bonchev–Trinajstić information content (AvgIpc) is 3.01. The molecule has 7 nitrogen and oxygen atoms in total. The summed E-state index contributed by atoms with van der Waals surface area (Å²) < 4.78 is 39.5. The van der Waals surface area contributed by atoms with E-state index in [9.17, 15) is 17.6 Å². The summed E-state index contributed by atoms with van der Waals surface area (Å²) in [7, 11) is -3.29. The molecule has 0 bridgehead atoms. The first-order valence-corrected chi connectivity index (χ1v) is 10.2. The predicted molar refractivity (Wildman–Crippen MR) is 95.5 cm³/mol. The van der Waals surface area contributed by atoms with E-state index in [2.05, 4.69) is 10.4 Å². The number of nitrogens with one attached hydrogen (secondary N) is 1. The van der Waals surface area contributed by atoms with E-state index in [1.54, 1.807) is 23.0 Å². The van der Waals surface area contributed by atoms with E-state index >= 15 is 0 Å². The lowest BCUT2D eigenvalue weighted by Gasteiger charge is -2.29. The molecule has 1 unspecified atom stereocenters. The second kappa shape index (κ2) is 7.55. The van der Waals surface area contributed by atoms with Crippen molar-refractivity contribution in [1.29, 1.82) is 0 Å². The van der Waals surface area contributed by atoms with Crippen LogP contribution in [-0.2, 0) is 21.4 Å². The van der Waals surface area contributed by atoms with Crippen molar-refractivity contribution in [2.75, 3.05) is 24.7 Å². The highest BCUT2D eigenvalue weighted by Gasteiger charge is 2.30. The van der Waals surface area contributed by atoms with Crippen molar-refractivity contribution in [2.45, 2.75) is 19.4 Å². The first-order valence-electron chi connectivity index (χ1n) is 8.34. The Balaban J connectivity index is 1.61. The third kappa shape index (κ3) is 4.67. The van der Waals surface area contributed by atoms with E-state index in [1.807, 2.05) is 0 Å². The van der Waals surface area contributed by atoms with Crippen LogP contribution in [0.15, 0.2) is 36.7 Å². The molecule has 3 rings (SSSR count). The Morgan fingerprint density at radius 1 is 1.42 bits per heavy atom. The Morgan fingerprint density at radius 3 is 2.96 bits per heavy atom. The van der Waals surface area contributed by atoms with Crippen molar-refractivity contribution in [3.63, 3.8) is 0 Å². The van der Waals surface area contributed by atoms with Crippen molar-refractivity contribution in [3.8, 4) is 0 Å². The molecule has 1 aromatic carbocycles. The Kier molecular flexibility index (Phi) is 5.38. The fourth-order valence-corrected chi connectivity index (χ4v) is 3.95. The maximum atomic E-state index is 13.2. The second-order valence-corrected chi connectivity index (χ2v) is 8.49. The molecule has 9 heteroatoms. The maximum absolute atomic E-state index is 13.2. The largest absolute Gasteiger partial charge is 0.323 e. The van der Waals surface area contributed by atoms with Gasteiger partial charge in [-0.3, -0.25) is 9.48 Å². The van der Waals surface area contributed by atoms with Gasteiger partial charge in [-0.25, -0.2) is 17.1 Å². The third-order valence-electron chi connectivity index (χ3n) is 4.36. The molecule has 2 aromatic rings. The van der Waals surface area contributed by atoms with Gasteiger partial charge in [-0.05, 0) is 30.5 Å². The van der Waals surface area contributed by atoms with Crippen LogP contribution in [-0.4, -0.2) is 47.8 Å². The molecule has 0 saturated carbocycles. The summed E-state index contributed by atoms with van der Waals surface area (Å²) in [6.45, 7) is 1.04. The average molecular weight is 380 g/mol. The minimum Gasteiger partial charge on any atom is -0.323 e. The normalized spacial score (nSPS) is 18.6. The summed E-state index contributed by atoms with van der Waals surface area (Å²) in [5.41, 5.74) is 1.30. The highest BCUT2D eigenvalue weighted by Crippen LogP contribution is 2.20. The van der Waals surface area contributed by atoms with Gasteiger partial charge in [0.15, 0.2) is 0 Å². The molecule has 140 valence electrons. The lowest BCUT2D eigenvalue weighted by molar-refractivity contribution is -0.120. The van der Waals surface area contributed by atoms with E-state index in [0.29, 0.717) is 31.6 Å². The Morgan fingerprint density at radius 2 is 2.23 bits per heavy atom. The van der Waals surface area contributed by atoms with Gasteiger partial charge in [0.2, 0.25) is 15.9 Å². The number of aromatic nitrogens is 2. The number of sulfonamides is 1. The van der Waals surface area contributed by atoms with Crippen LogP contribution in [0.25, 0.3) is 0 Å². The molecule has 1 aliphatic rings. The molecule has 0 aliphatic carbocycles. The second-order valence-electron chi connectivity index (χ2n) is 6.51. The van der Waals surface area contributed by atoms with E-state index < -0.39 is 10.0 Å². The minimum absolute atomic E-state index is 0.197. The Bertz CT molecular complexity index is 897. The van der Waals surface area contributed by atoms with Gasteiger partial charge in [-0.15, -0.1) is 0 Å². The SMILES string of the molecule is CS(=O)(=O)N1CCCC(C(=O)Nc2cnn(Cc3cccc(F)c3)c2)C1. The van der Waals surface area contributed by atoms with Crippen LogP contribution in [0.3, 0.4) is 0 Å². The number of amides is 1. The molecule has 1 aliphatic heterocycles. The molecular weight excluding hydrogens is 359 g/mol. The van der Waals surface area contributed by atoms with Crippen LogP contribution < -0.4 is 5.32 Å². The Hall–Kier alpha value is -2.26. The molecule has 1 atom stereocenters. The lowest BCUT2D eigenvalue weighted by Crippen LogP contribution is -2.43. The molecule has 26 heavy (non-hydrogen) atoms. The van der Waals surface area contributed by atoms with Gasteiger partial charge in [0.25, 0.3) is 0 Å². The number of carbonyl (C=O) groups excluding carboxylic acids is 1. The van der Waals surface area contributed by atoms with Crippen LogP contribution in [0.4, 0.5) is 10.1 Å². The van der Waals surface area contributed by atoms with Crippen LogP contribution >= 0.6 is 0 Å². The number of nitrogens with zero attached hydrogens (tertiary/aromatic N) is 3. The molecule has 1 saturated heterocycles. The van der Waals surface area contributed by atoms with Gasteiger partial charge in [-0.2, -0.15) is 5.10 Å². The first-order chi connectivity index (χ1) is 12.3. The summed E-state index contributed by atoms with van der Waals surface area (Å²) in [6, 6.07) is 6.24. The highest BCUT2D eigenvalue weighted by molar-refractivity contribution is 7.88. The molecule has 1 amide bonds. The van der Waals surface area contributed by atoms with Gasteiger partial charge in [0, 0.05) is 19.3 Å². The number of hydrogen-bond donors (Lipinski definition) is 1. The number of benzene rings is 1. The van der Waals surface area contributed by atoms with Crippen LogP contribution in [0.2, 0.25) is 0 Å². The number of anilines is 1. The zero-order valence-corrected chi connectivity index (χ0v) is 15.2. The zero-order chi connectivity index (χ0) is 18.7. The quantitative estimate of drug-likeness (QED) is 0.855. The number of rotatable bonds is 5. The number of hydrogen-bond acceptors (Lipinski definition) is 4. The topological polar surface area (TPSA) is 84.3 Å². The highest BCUT2D eigenvalue weighted by atomic mass is 32.2. The summed E-state index contributed by atoms with van der Waals surface area (Å²) in [5.74, 6) is -0.912. The number of carbonyl (C=O) groups is 1.